The molecule has 2 heteroatoms. The summed E-state index contributed by atoms with van der Waals surface area (Å²) in [4.78, 5) is 12.1. The molecule has 1 aliphatic rings. The standard InChI is InChI=1S/C18H26O2/c1-3-5-9-14(4-2)13-20-18(19)17-12-16(17)15-10-7-6-8-11-15/h6-8,10-11,14,16-17H,3-5,9,12-13H2,1-2H3. The van der Waals surface area contributed by atoms with Gasteiger partial charge in [0, 0.05) is 0 Å². The zero-order valence-corrected chi connectivity index (χ0v) is 12.7. The maximum atomic E-state index is 12.1. The second-order valence-corrected chi connectivity index (χ2v) is 5.91. The van der Waals surface area contributed by atoms with Crippen LogP contribution in [0.1, 0.15) is 57.4 Å². The highest BCUT2D eigenvalue weighted by Crippen LogP contribution is 2.48. The lowest BCUT2D eigenvalue weighted by Gasteiger charge is -2.14. The Morgan fingerprint density at radius 2 is 2.05 bits per heavy atom. The maximum Gasteiger partial charge on any atom is 0.309 e. The van der Waals surface area contributed by atoms with Gasteiger partial charge in [0.25, 0.3) is 0 Å². The summed E-state index contributed by atoms with van der Waals surface area (Å²) in [6.45, 7) is 4.98. The van der Waals surface area contributed by atoms with Gasteiger partial charge in [-0.15, -0.1) is 0 Å². The van der Waals surface area contributed by atoms with Gasteiger partial charge in [0.05, 0.1) is 12.5 Å². The second kappa shape index (κ2) is 7.47. The van der Waals surface area contributed by atoms with E-state index in [2.05, 4.69) is 26.0 Å². The molecular formula is C18H26O2. The van der Waals surface area contributed by atoms with Crippen molar-refractivity contribution in [1.82, 2.24) is 0 Å². The van der Waals surface area contributed by atoms with E-state index >= 15 is 0 Å². The fraction of sp³-hybridized carbons (Fsp3) is 0.611. The molecule has 3 atom stereocenters. The summed E-state index contributed by atoms with van der Waals surface area (Å²) in [7, 11) is 0. The van der Waals surface area contributed by atoms with Crippen LogP contribution in [0.25, 0.3) is 0 Å². The van der Waals surface area contributed by atoms with E-state index in [-0.39, 0.29) is 11.9 Å². The molecule has 2 rings (SSSR count). The third-order valence-electron chi connectivity index (χ3n) is 4.33. The van der Waals surface area contributed by atoms with Crippen LogP contribution >= 0.6 is 0 Å². The number of carbonyl (C=O) groups is 1. The molecule has 1 aliphatic carbocycles. The van der Waals surface area contributed by atoms with Crippen molar-refractivity contribution in [1.29, 1.82) is 0 Å². The molecule has 0 saturated heterocycles. The Balaban J connectivity index is 1.74. The van der Waals surface area contributed by atoms with Crippen molar-refractivity contribution in [2.75, 3.05) is 6.61 Å². The largest absolute Gasteiger partial charge is 0.465 e. The molecule has 1 aromatic carbocycles. The first kappa shape index (κ1) is 15.1. The lowest BCUT2D eigenvalue weighted by Crippen LogP contribution is -2.15. The number of rotatable bonds is 8. The van der Waals surface area contributed by atoms with Crippen molar-refractivity contribution >= 4 is 5.97 Å². The fourth-order valence-corrected chi connectivity index (χ4v) is 2.73. The van der Waals surface area contributed by atoms with Gasteiger partial charge in [-0.25, -0.2) is 0 Å². The smallest absolute Gasteiger partial charge is 0.309 e. The Bertz CT molecular complexity index is 413. The van der Waals surface area contributed by atoms with Crippen LogP contribution in [-0.2, 0) is 9.53 Å². The van der Waals surface area contributed by atoms with E-state index < -0.39 is 0 Å². The first-order valence-corrected chi connectivity index (χ1v) is 7.97. The predicted molar refractivity (Wildman–Crippen MR) is 81.6 cm³/mol. The molecule has 0 bridgehead atoms. The van der Waals surface area contributed by atoms with Gasteiger partial charge in [-0.2, -0.15) is 0 Å². The van der Waals surface area contributed by atoms with E-state index in [1.54, 1.807) is 0 Å². The summed E-state index contributed by atoms with van der Waals surface area (Å²) in [6.07, 6.45) is 5.66. The summed E-state index contributed by atoms with van der Waals surface area (Å²) in [6, 6.07) is 10.3. The van der Waals surface area contributed by atoms with Gasteiger partial charge in [0.15, 0.2) is 0 Å². The molecular weight excluding hydrogens is 248 g/mol. The fourth-order valence-electron chi connectivity index (χ4n) is 2.73. The van der Waals surface area contributed by atoms with Crippen molar-refractivity contribution in [3.8, 4) is 0 Å². The summed E-state index contributed by atoms with van der Waals surface area (Å²) >= 11 is 0. The third-order valence-corrected chi connectivity index (χ3v) is 4.33. The summed E-state index contributed by atoms with van der Waals surface area (Å²) < 4.78 is 5.53. The van der Waals surface area contributed by atoms with Crippen LogP contribution in [0.4, 0.5) is 0 Å². The van der Waals surface area contributed by atoms with E-state index in [0.717, 1.165) is 12.8 Å². The molecule has 0 radical (unpaired) electrons. The van der Waals surface area contributed by atoms with Crippen LogP contribution in [-0.4, -0.2) is 12.6 Å². The van der Waals surface area contributed by atoms with Gasteiger partial charge in [-0.3, -0.25) is 4.79 Å². The van der Waals surface area contributed by atoms with Crippen molar-refractivity contribution in [2.45, 2.75) is 51.9 Å². The molecule has 110 valence electrons. The van der Waals surface area contributed by atoms with Gasteiger partial charge < -0.3 is 4.74 Å². The summed E-state index contributed by atoms with van der Waals surface area (Å²) in [5, 5.41) is 0. The van der Waals surface area contributed by atoms with Crippen LogP contribution in [0, 0.1) is 11.8 Å². The normalized spacial score (nSPS) is 22.3. The third kappa shape index (κ3) is 4.09. The molecule has 3 unspecified atom stereocenters. The van der Waals surface area contributed by atoms with Gasteiger partial charge in [-0.1, -0.05) is 63.4 Å². The lowest BCUT2D eigenvalue weighted by molar-refractivity contribution is -0.146. The van der Waals surface area contributed by atoms with Crippen molar-refractivity contribution < 1.29 is 9.53 Å². The van der Waals surface area contributed by atoms with E-state index in [9.17, 15) is 4.79 Å². The number of ether oxygens (including phenoxy) is 1. The molecule has 0 amide bonds. The highest BCUT2D eigenvalue weighted by Gasteiger charge is 2.45. The zero-order valence-electron chi connectivity index (χ0n) is 12.7. The first-order valence-electron chi connectivity index (χ1n) is 7.97. The molecule has 0 heterocycles. The molecule has 1 aromatic rings. The number of unbranched alkanes of at least 4 members (excludes halogenated alkanes) is 1. The average Bonchev–Trinajstić information content (AvgIpc) is 3.29. The molecule has 1 fully saturated rings. The Morgan fingerprint density at radius 3 is 2.70 bits per heavy atom. The van der Waals surface area contributed by atoms with Crippen molar-refractivity contribution in [3.63, 3.8) is 0 Å². The molecule has 2 nitrogen and oxygen atoms in total. The number of hydrogen-bond acceptors (Lipinski definition) is 2. The van der Waals surface area contributed by atoms with Crippen LogP contribution in [0.3, 0.4) is 0 Å². The maximum absolute atomic E-state index is 12.1. The minimum atomic E-state index is 0.00815. The lowest BCUT2D eigenvalue weighted by atomic mass is 10.0. The Morgan fingerprint density at radius 1 is 1.30 bits per heavy atom. The Labute approximate surface area is 122 Å². The minimum absolute atomic E-state index is 0.00815. The highest BCUT2D eigenvalue weighted by molar-refractivity contribution is 5.77. The van der Waals surface area contributed by atoms with Gasteiger partial charge in [0.2, 0.25) is 0 Å². The molecule has 0 spiro atoms. The van der Waals surface area contributed by atoms with Crippen LogP contribution in [0.15, 0.2) is 30.3 Å². The van der Waals surface area contributed by atoms with E-state index in [1.165, 1.54) is 24.8 Å². The molecule has 20 heavy (non-hydrogen) atoms. The number of hydrogen-bond donors (Lipinski definition) is 0. The van der Waals surface area contributed by atoms with Crippen LogP contribution in [0.2, 0.25) is 0 Å². The SMILES string of the molecule is CCCCC(CC)COC(=O)C1CC1c1ccccc1. The first-order chi connectivity index (χ1) is 9.76. The zero-order chi connectivity index (χ0) is 14.4. The monoisotopic (exact) mass is 274 g/mol. The number of benzene rings is 1. The molecule has 0 N–H and O–H groups in total. The molecule has 0 aromatic heterocycles. The summed E-state index contributed by atoms with van der Waals surface area (Å²) in [5.74, 6) is 1.03. The van der Waals surface area contributed by atoms with E-state index in [0.29, 0.717) is 18.4 Å². The van der Waals surface area contributed by atoms with Crippen LogP contribution in [0.5, 0.6) is 0 Å². The second-order valence-electron chi connectivity index (χ2n) is 5.91. The van der Waals surface area contributed by atoms with Gasteiger partial charge >= 0.3 is 5.97 Å². The summed E-state index contributed by atoms with van der Waals surface area (Å²) in [5.41, 5.74) is 1.27. The average molecular weight is 274 g/mol. The van der Waals surface area contributed by atoms with Gasteiger partial charge in [-0.05, 0) is 30.2 Å². The van der Waals surface area contributed by atoms with E-state index in [4.69, 9.17) is 4.74 Å². The van der Waals surface area contributed by atoms with Crippen molar-refractivity contribution in [3.05, 3.63) is 35.9 Å². The predicted octanol–water partition coefficient (Wildman–Crippen LogP) is 4.55. The molecule has 0 aliphatic heterocycles. The highest BCUT2D eigenvalue weighted by atomic mass is 16.5. The van der Waals surface area contributed by atoms with E-state index in [1.807, 2.05) is 18.2 Å². The van der Waals surface area contributed by atoms with Crippen molar-refractivity contribution in [2.24, 2.45) is 11.8 Å². The molecule has 1 saturated carbocycles. The topological polar surface area (TPSA) is 26.3 Å². The Kier molecular flexibility index (Phi) is 5.63. The quantitative estimate of drug-likeness (QED) is 0.650. The van der Waals surface area contributed by atoms with Gasteiger partial charge in [0.1, 0.15) is 0 Å². The number of carbonyl (C=O) groups excluding carboxylic acids is 1. The Hall–Kier alpha value is -1.31. The number of esters is 1. The minimum Gasteiger partial charge on any atom is -0.465 e. The van der Waals surface area contributed by atoms with Crippen LogP contribution < -0.4 is 0 Å².